The molecule has 6 rings (SSSR count). The predicted molar refractivity (Wildman–Crippen MR) is 124 cm³/mol. The zero-order chi connectivity index (χ0) is 21.4. The summed E-state index contributed by atoms with van der Waals surface area (Å²) in [6.07, 6.45) is 12.0. The van der Waals surface area contributed by atoms with Gasteiger partial charge in [0.1, 0.15) is 5.84 Å². The van der Waals surface area contributed by atoms with Crippen molar-refractivity contribution >= 4 is 29.2 Å². The molecule has 2 unspecified atom stereocenters. The van der Waals surface area contributed by atoms with Gasteiger partial charge in [-0.1, -0.05) is 44.2 Å². The third-order valence-electron chi connectivity index (χ3n) is 7.67. The number of unbranched alkanes of at least 4 members (excludes halogenated alkanes) is 4. The van der Waals surface area contributed by atoms with Crippen LogP contribution in [0.15, 0.2) is 17.1 Å². The van der Waals surface area contributed by atoms with Crippen molar-refractivity contribution in [3.05, 3.63) is 22.7 Å². The maximum Gasteiger partial charge on any atom is 0.412 e. The molecule has 168 valence electrons. The molecule has 2 saturated heterocycles. The van der Waals surface area contributed by atoms with Crippen molar-refractivity contribution in [2.24, 2.45) is 22.7 Å². The molecule has 6 heteroatoms. The SMILES string of the molecule is CCCCCCCNC(=O)Oc1cc2c(cc1Cl)N=C1C3CC4CC(C3)CC(C4)N1C2. The standard InChI is InChI=1S/C25H34ClN3O2/c1-2-3-4-5-6-7-27-25(30)31-23-13-19-15-29-20-11-16-8-17(12-20)10-18(9-16)24(29)28-22(19)14-21(23)26/h13-14,16-18,20H,2-12,15H2,1H3,(H,27,30). The fourth-order valence-corrected chi connectivity index (χ4v) is 6.52. The van der Waals surface area contributed by atoms with Crippen LogP contribution in [0.5, 0.6) is 5.75 Å². The van der Waals surface area contributed by atoms with Gasteiger partial charge in [-0.15, -0.1) is 0 Å². The topological polar surface area (TPSA) is 53.9 Å². The van der Waals surface area contributed by atoms with Crippen molar-refractivity contribution in [2.45, 2.75) is 83.7 Å². The van der Waals surface area contributed by atoms with Crippen LogP contribution in [-0.4, -0.2) is 29.4 Å². The summed E-state index contributed by atoms with van der Waals surface area (Å²) in [5, 5.41) is 3.30. The van der Waals surface area contributed by atoms with Gasteiger partial charge in [0.25, 0.3) is 0 Å². The average Bonchev–Trinajstić information content (AvgIpc) is 2.90. The van der Waals surface area contributed by atoms with Crippen LogP contribution in [0.2, 0.25) is 5.02 Å². The van der Waals surface area contributed by atoms with Crippen LogP contribution in [0.25, 0.3) is 0 Å². The maximum absolute atomic E-state index is 12.3. The van der Waals surface area contributed by atoms with Gasteiger partial charge in [-0.05, 0) is 62.5 Å². The number of hydrogen-bond donors (Lipinski definition) is 1. The summed E-state index contributed by atoms with van der Waals surface area (Å²) in [6.45, 7) is 3.69. The fourth-order valence-electron chi connectivity index (χ4n) is 6.32. The first-order valence-electron chi connectivity index (χ1n) is 12.2. The van der Waals surface area contributed by atoms with Crippen LogP contribution in [0, 0.1) is 17.8 Å². The van der Waals surface area contributed by atoms with E-state index in [2.05, 4.69) is 17.1 Å². The van der Waals surface area contributed by atoms with Crippen molar-refractivity contribution in [2.75, 3.05) is 6.54 Å². The van der Waals surface area contributed by atoms with Crippen molar-refractivity contribution in [1.29, 1.82) is 0 Å². The highest BCUT2D eigenvalue weighted by Gasteiger charge is 2.46. The number of amidine groups is 1. The Morgan fingerprint density at radius 3 is 2.68 bits per heavy atom. The maximum atomic E-state index is 12.3. The fraction of sp³-hybridized carbons (Fsp3) is 0.680. The number of halogens is 1. The van der Waals surface area contributed by atoms with Crippen LogP contribution in [0.4, 0.5) is 10.5 Å². The van der Waals surface area contributed by atoms with E-state index in [0.717, 1.165) is 42.5 Å². The molecule has 1 aromatic rings. The number of carbonyl (C=O) groups is 1. The van der Waals surface area contributed by atoms with E-state index in [-0.39, 0.29) is 0 Å². The predicted octanol–water partition coefficient (Wildman–Crippen LogP) is 6.45. The van der Waals surface area contributed by atoms with E-state index in [1.165, 1.54) is 57.2 Å². The Kier molecular flexibility index (Phi) is 6.14. The molecule has 1 aromatic carbocycles. The molecular weight excluding hydrogens is 410 g/mol. The zero-order valence-electron chi connectivity index (χ0n) is 18.5. The summed E-state index contributed by atoms with van der Waals surface area (Å²) in [5.41, 5.74) is 2.05. The smallest absolute Gasteiger partial charge is 0.409 e. The average molecular weight is 444 g/mol. The minimum absolute atomic E-state index is 0.428. The highest BCUT2D eigenvalue weighted by molar-refractivity contribution is 6.32. The summed E-state index contributed by atoms with van der Waals surface area (Å²) in [5.74, 6) is 4.05. The normalized spacial score (nSPS) is 27.9. The first-order chi connectivity index (χ1) is 15.1. The molecule has 0 radical (unpaired) electrons. The lowest BCUT2D eigenvalue weighted by Gasteiger charge is -2.39. The van der Waals surface area contributed by atoms with Gasteiger partial charge >= 0.3 is 6.09 Å². The molecule has 2 saturated carbocycles. The summed E-state index contributed by atoms with van der Waals surface area (Å²) in [7, 11) is 0. The Morgan fingerprint density at radius 1 is 1.13 bits per heavy atom. The van der Waals surface area contributed by atoms with Crippen LogP contribution >= 0.6 is 11.6 Å². The molecule has 2 atom stereocenters. The number of ether oxygens (including phenoxy) is 1. The Balaban J connectivity index is 1.26. The number of carbonyl (C=O) groups excluding carboxylic acids is 1. The van der Waals surface area contributed by atoms with Gasteiger partial charge in [0.15, 0.2) is 5.75 Å². The molecule has 5 aliphatic rings. The second kappa shape index (κ2) is 9.01. The number of hydrogen-bond acceptors (Lipinski definition) is 4. The van der Waals surface area contributed by atoms with E-state index < -0.39 is 6.09 Å². The molecule has 3 heterocycles. The first kappa shape index (κ1) is 21.1. The molecule has 0 aromatic heterocycles. The van der Waals surface area contributed by atoms with E-state index in [0.29, 0.717) is 29.3 Å². The molecular formula is C25H34ClN3O2. The van der Waals surface area contributed by atoms with Gasteiger partial charge in [-0.3, -0.25) is 0 Å². The van der Waals surface area contributed by atoms with E-state index in [1.54, 1.807) is 0 Å². The minimum atomic E-state index is -0.428. The monoisotopic (exact) mass is 443 g/mol. The molecule has 4 bridgehead atoms. The molecule has 4 fully saturated rings. The molecule has 3 aliphatic heterocycles. The Morgan fingerprint density at radius 2 is 1.90 bits per heavy atom. The number of nitrogens with zero attached hydrogens (tertiary/aromatic N) is 2. The first-order valence-corrected chi connectivity index (χ1v) is 12.6. The largest absolute Gasteiger partial charge is 0.412 e. The Labute approximate surface area is 190 Å². The van der Waals surface area contributed by atoms with Crippen LogP contribution in [0.1, 0.15) is 76.7 Å². The number of benzene rings is 1. The highest BCUT2D eigenvalue weighted by Crippen LogP contribution is 2.50. The van der Waals surface area contributed by atoms with Crippen molar-refractivity contribution < 1.29 is 9.53 Å². The second-order valence-electron chi connectivity index (χ2n) is 10.0. The highest BCUT2D eigenvalue weighted by atomic mass is 35.5. The van der Waals surface area contributed by atoms with Gasteiger partial charge < -0.3 is 15.0 Å². The second-order valence-corrected chi connectivity index (χ2v) is 10.4. The van der Waals surface area contributed by atoms with Crippen molar-refractivity contribution in [3.8, 4) is 5.75 Å². The lowest BCUT2D eigenvalue weighted by Crippen LogP contribution is -2.41. The lowest BCUT2D eigenvalue weighted by molar-refractivity contribution is 0.128. The van der Waals surface area contributed by atoms with Crippen LogP contribution in [-0.2, 0) is 6.54 Å². The van der Waals surface area contributed by atoms with Gasteiger partial charge in [-0.25, -0.2) is 9.79 Å². The number of nitrogens with one attached hydrogen (secondary N) is 1. The third kappa shape index (κ3) is 4.44. The zero-order valence-corrected chi connectivity index (χ0v) is 19.3. The molecule has 1 N–H and O–H groups in total. The van der Waals surface area contributed by atoms with Gasteiger partial charge in [0.05, 0.1) is 10.7 Å². The van der Waals surface area contributed by atoms with Gasteiger partial charge in [-0.2, -0.15) is 0 Å². The van der Waals surface area contributed by atoms with Crippen LogP contribution < -0.4 is 10.1 Å². The van der Waals surface area contributed by atoms with E-state index in [4.69, 9.17) is 21.3 Å². The molecule has 5 nitrogen and oxygen atoms in total. The molecule has 2 aliphatic carbocycles. The quantitative estimate of drug-likeness (QED) is 0.492. The minimum Gasteiger partial charge on any atom is -0.409 e. The summed E-state index contributed by atoms with van der Waals surface area (Å²) in [6, 6.07) is 4.41. The van der Waals surface area contributed by atoms with Crippen molar-refractivity contribution in [3.63, 3.8) is 0 Å². The van der Waals surface area contributed by atoms with Gasteiger partial charge in [0, 0.05) is 30.6 Å². The Bertz CT molecular complexity index is 857. The summed E-state index contributed by atoms with van der Waals surface area (Å²) < 4.78 is 5.56. The van der Waals surface area contributed by atoms with Crippen LogP contribution in [0.3, 0.4) is 0 Å². The Hall–Kier alpha value is -1.75. The third-order valence-corrected chi connectivity index (χ3v) is 7.97. The number of rotatable bonds is 7. The summed E-state index contributed by atoms with van der Waals surface area (Å²) in [4.78, 5) is 19.9. The van der Waals surface area contributed by atoms with E-state index >= 15 is 0 Å². The van der Waals surface area contributed by atoms with E-state index in [1.807, 2.05) is 12.1 Å². The molecule has 0 spiro atoms. The molecule has 31 heavy (non-hydrogen) atoms. The number of aliphatic imine (C=N–C) groups is 1. The number of amides is 1. The van der Waals surface area contributed by atoms with Crippen molar-refractivity contribution in [1.82, 2.24) is 10.2 Å². The lowest BCUT2D eigenvalue weighted by atomic mass is 9.68. The molecule has 1 amide bonds. The van der Waals surface area contributed by atoms with E-state index in [9.17, 15) is 4.79 Å². The van der Waals surface area contributed by atoms with Gasteiger partial charge in [0.2, 0.25) is 0 Å². The number of fused-ring (bicyclic) bond motifs is 1. The summed E-state index contributed by atoms with van der Waals surface area (Å²) >= 11 is 6.48.